The summed E-state index contributed by atoms with van der Waals surface area (Å²) in [5, 5.41) is 4.23. The lowest BCUT2D eigenvalue weighted by molar-refractivity contribution is 0.0940. The van der Waals surface area contributed by atoms with E-state index in [1.54, 1.807) is 17.1 Å². The normalized spacial score (nSPS) is 11.5. The van der Waals surface area contributed by atoms with Gasteiger partial charge >= 0.3 is 0 Å². The summed E-state index contributed by atoms with van der Waals surface area (Å²) in [4.78, 5) is 12.1. The van der Waals surface area contributed by atoms with Crippen molar-refractivity contribution in [3.63, 3.8) is 0 Å². The molecule has 18 heavy (non-hydrogen) atoms. The third kappa shape index (κ3) is 3.06. The van der Waals surface area contributed by atoms with Crippen LogP contribution >= 0.6 is 0 Å². The van der Waals surface area contributed by atoms with Crippen molar-refractivity contribution in [2.45, 2.75) is 27.2 Å². The monoisotopic (exact) mass is 242 g/mol. The van der Waals surface area contributed by atoms with Crippen LogP contribution in [0.25, 0.3) is 5.69 Å². The molecule has 0 saturated heterocycles. The summed E-state index contributed by atoms with van der Waals surface area (Å²) in [7, 11) is 0. The minimum Gasteiger partial charge on any atom is -0.294 e. The molecule has 0 radical (unpaired) electrons. The first-order valence-corrected chi connectivity index (χ1v) is 6.09. The van der Waals surface area contributed by atoms with Gasteiger partial charge in [0.05, 0.1) is 17.4 Å². The fourth-order valence-corrected chi connectivity index (χ4v) is 1.77. The molecule has 0 fully saturated rings. The van der Waals surface area contributed by atoms with Gasteiger partial charge in [0, 0.05) is 12.6 Å². The Balaban J connectivity index is 2.19. The van der Waals surface area contributed by atoms with Crippen LogP contribution in [-0.4, -0.2) is 15.6 Å². The summed E-state index contributed by atoms with van der Waals surface area (Å²) >= 11 is 0. The molecule has 0 N–H and O–H groups in total. The molecule has 1 aromatic heterocycles. The Bertz CT molecular complexity index is 535. The van der Waals surface area contributed by atoms with Gasteiger partial charge in [-0.3, -0.25) is 4.79 Å². The summed E-state index contributed by atoms with van der Waals surface area (Å²) in [6.07, 6.45) is 3.97. The van der Waals surface area contributed by atoms with E-state index >= 15 is 0 Å². The van der Waals surface area contributed by atoms with Gasteiger partial charge < -0.3 is 0 Å². The predicted molar refractivity (Wildman–Crippen MR) is 72.0 cm³/mol. The quantitative estimate of drug-likeness (QED) is 0.772. The molecule has 0 aliphatic heterocycles. The summed E-state index contributed by atoms with van der Waals surface area (Å²) < 4.78 is 1.73. The lowest BCUT2D eigenvalue weighted by Crippen LogP contribution is -2.12. The average Bonchev–Trinajstić information content (AvgIpc) is 2.77. The van der Waals surface area contributed by atoms with Crippen LogP contribution in [0.3, 0.4) is 0 Å². The van der Waals surface area contributed by atoms with Gasteiger partial charge in [0.25, 0.3) is 0 Å². The SMILES string of the molecule is CC(C)(C)CC(=O)c1cnn(-c2ccccc2)c1. The molecule has 2 aromatic rings. The third-order valence-electron chi connectivity index (χ3n) is 2.62. The molecule has 1 heterocycles. The zero-order valence-electron chi connectivity index (χ0n) is 11.1. The molecular formula is C15H18N2O. The molecule has 0 aliphatic rings. The van der Waals surface area contributed by atoms with Crippen molar-refractivity contribution in [2.75, 3.05) is 0 Å². The molecule has 3 nitrogen and oxygen atoms in total. The Morgan fingerprint density at radius 2 is 1.89 bits per heavy atom. The van der Waals surface area contributed by atoms with Crippen molar-refractivity contribution in [2.24, 2.45) is 5.41 Å². The van der Waals surface area contributed by atoms with Crippen LogP contribution in [0.15, 0.2) is 42.7 Å². The van der Waals surface area contributed by atoms with Gasteiger partial charge in [-0.1, -0.05) is 39.0 Å². The number of hydrogen-bond acceptors (Lipinski definition) is 2. The van der Waals surface area contributed by atoms with Gasteiger partial charge in [0.1, 0.15) is 0 Å². The minimum absolute atomic E-state index is 0.00588. The van der Waals surface area contributed by atoms with Crippen molar-refractivity contribution in [1.29, 1.82) is 0 Å². The molecule has 0 aliphatic carbocycles. The van der Waals surface area contributed by atoms with Crippen LogP contribution in [0.2, 0.25) is 0 Å². The minimum atomic E-state index is 0.00588. The van der Waals surface area contributed by atoms with Crippen molar-refractivity contribution in [1.82, 2.24) is 9.78 Å². The number of rotatable bonds is 3. The van der Waals surface area contributed by atoms with E-state index in [0.29, 0.717) is 12.0 Å². The second-order valence-electron chi connectivity index (χ2n) is 5.67. The van der Waals surface area contributed by atoms with Gasteiger partial charge in [-0.05, 0) is 17.5 Å². The van der Waals surface area contributed by atoms with E-state index in [4.69, 9.17) is 0 Å². The van der Waals surface area contributed by atoms with Crippen molar-refractivity contribution in [3.8, 4) is 5.69 Å². The maximum atomic E-state index is 12.1. The molecule has 0 unspecified atom stereocenters. The van der Waals surface area contributed by atoms with E-state index in [9.17, 15) is 4.79 Å². The topological polar surface area (TPSA) is 34.9 Å². The Morgan fingerprint density at radius 1 is 1.22 bits per heavy atom. The molecule has 94 valence electrons. The molecule has 0 bridgehead atoms. The summed E-state index contributed by atoms with van der Waals surface area (Å²) in [6.45, 7) is 6.19. The number of ketones is 1. The highest BCUT2D eigenvalue weighted by Crippen LogP contribution is 2.21. The van der Waals surface area contributed by atoms with E-state index in [-0.39, 0.29) is 11.2 Å². The van der Waals surface area contributed by atoms with Crippen LogP contribution in [0, 0.1) is 5.41 Å². The number of benzene rings is 1. The van der Waals surface area contributed by atoms with Gasteiger partial charge in [0.2, 0.25) is 0 Å². The first-order valence-electron chi connectivity index (χ1n) is 6.09. The number of aromatic nitrogens is 2. The number of carbonyl (C=O) groups excluding carboxylic acids is 1. The van der Waals surface area contributed by atoms with E-state index in [0.717, 1.165) is 5.69 Å². The van der Waals surface area contributed by atoms with Crippen LogP contribution in [-0.2, 0) is 0 Å². The van der Waals surface area contributed by atoms with E-state index in [1.165, 1.54) is 0 Å². The smallest absolute Gasteiger partial charge is 0.166 e. The number of hydrogen-bond donors (Lipinski definition) is 0. The molecule has 0 spiro atoms. The summed E-state index contributed by atoms with van der Waals surface area (Å²) in [6, 6.07) is 9.79. The average molecular weight is 242 g/mol. The first-order chi connectivity index (χ1) is 8.46. The Labute approximate surface area is 107 Å². The zero-order valence-corrected chi connectivity index (χ0v) is 11.1. The summed E-state index contributed by atoms with van der Waals surface area (Å²) in [5.74, 6) is 0.143. The van der Waals surface area contributed by atoms with Crippen molar-refractivity contribution in [3.05, 3.63) is 48.3 Å². The van der Waals surface area contributed by atoms with E-state index in [1.807, 2.05) is 30.3 Å². The van der Waals surface area contributed by atoms with Gasteiger partial charge in [-0.15, -0.1) is 0 Å². The molecular weight excluding hydrogens is 224 g/mol. The number of carbonyl (C=O) groups is 1. The van der Waals surface area contributed by atoms with Gasteiger partial charge in [-0.2, -0.15) is 5.10 Å². The predicted octanol–water partition coefficient (Wildman–Crippen LogP) is 3.49. The maximum absolute atomic E-state index is 12.1. The van der Waals surface area contributed by atoms with Crippen LogP contribution < -0.4 is 0 Å². The largest absolute Gasteiger partial charge is 0.294 e. The molecule has 2 rings (SSSR count). The molecule has 0 atom stereocenters. The Kier molecular flexibility index (Phi) is 3.32. The van der Waals surface area contributed by atoms with E-state index < -0.39 is 0 Å². The van der Waals surface area contributed by atoms with Crippen molar-refractivity contribution >= 4 is 5.78 Å². The molecule has 1 aromatic carbocycles. The Hall–Kier alpha value is -1.90. The van der Waals surface area contributed by atoms with Crippen molar-refractivity contribution < 1.29 is 4.79 Å². The van der Waals surface area contributed by atoms with Crippen LogP contribution in [0.5, 0.6) is 0 Å². The number of Topliss-reactive ketones (excluding diaryl/α,β-unsaturated/α-hetero) is 1. The standard InChI is InChI=1S/C15H18N2O/c1-15(2,3)9-14(18)12-10-16-17(11-12)13-7-5-4-6-8-13/h4-8,10-11H,9H2,1-3H3. The maximum Gasteiger partial charge on any atom is 0.166 e. The highest BCUT2D eigenvalue weighted by Gasteiger charge is 2.18. The number of nitrogens with zero attached hydrogens (tertiary/aromatic N) is 2. The highest BCUT2D eigenvalue weighted by atomic mass is 16.1. The fraction of sp³-hybridized carbons (Fsp3) is 0.333. The molecule has 3 heteroatoms. The van der Waals surface area contributed by atoms with Crippen LogP contribution in [0.4, 0.5) is 0 Å². The second kappa shape index (κ2) is 4.77. The fourth-order valence-electron chi connectivity index (χ4n) is 1.77. The molecule has 0 saturated carbocycles. The zero-order chi connectivity index (χ0) is 13.2. The Morgan fingerprint density at radius 3 is 2.50 bits per heavy atom. The summed E-state index contributed by atoms with van der Waals surface area (Å²) in [5.41, 5.74) is 1.65. The third-order valence-corrected chi connectivity index (χ3v) is 2.62. The van der Waals surface area contributed by atoms with Crippen LogP contribution in [0.1, 0.15) is 37.6 Å². The van der Waals surface area contributed by atoms with Gasteiger partial charge in [-0.25, -0.2) is 4.68 Å². The first kappa shape index (κ1) is 12.6. The highest BCUT2D eigenvalue weighted by molar-refractivity contribution is 5.96. The van der Waals surface area contributed by atoms with Gasteiger partial charge in [0.15, 0.2) is 5.78 Å². The van der Waals surface area contributed by atoms with E-state index in [2.05, 4.69) is 25.9 Å². The lowest BCUT2D eigenvalue weighted by atomic mass is 9.88. The molecule has 0 amide bonds. The number of para-hydroxylation sites is 1. The second-order valence-corrected chi connectivity index (χ2v) is 5.67. The lowest BCUT2D eigenvalue weighted by Gasteiger charge is -2.15.